The Morgan fingerprint density at radius 3 is 1.92 bits per heavy atom. The lowest BCUT2D eigenvalue weighted by atomic mass is 10.1. The van der Waals surface area contributed by atoms with Crippen molar-refractivity contribution in [3.05, 3.63) is 66.7 Å². The molecule has 1 N–H and O–H groups in total. The average Bonchev–Trinajstić information content (AvgIpc) is 3.25. The largest absolute Gasteiger partial charge is 0.507 e. The maximum atomic E-state index is 10.5. The van der Waals surface area contributed by atoms with Crippen LogP contribution in [0, 0.1) is 0 Å². The van der Waals surface area contributed by atoms with Crippen LogP contribution in [0.3, 0.4) is 0 Å². The second-order valence-electron chi connectivity index (χ2n) is 5.67. The van der Waals surface area contributed by atoms with E-state index in [2.05, 4.69) is 6.07 Å². The molecule has 5 aromatic rings. The number of phenols is 1. The van der Waals surface area contributed by atoms with Crippen LogP contribution < -0.4 is 0 Å². The fraction of sp³-hybridized carbons (Fsp3) is 0. The van der Waals surface area contributed by atoms with Crippen LogP contribution in [-0.2, 0) is 0 Å². The zero-order valence-electron chi connectivity index (χ0n) is 13.0. The fourth-order valence-electron chi connectivity index (χ4n) is 2.91. The Balaban J connectivity index is 1.77. The Morgan fingerprint density at radius 2 is 1.24 bits per heavy atom. The van der Waals surface area contributed by atoms with Gasteiger partial charge in [-0.05, 0) is 30.3 Å². The summed E-state index contributed by atoms with van der Waals surface area (Å²) in [5.74, 6) is 0.232. The lowest BCUT2D eigenvalue weighted by Crippen LogP contribution is -1.85. The Kier molecular flexibility index (Phi) is 3.29. The molecule has 120 valence electrons. The number of benzene rings is 3. The first kappa shape index (κ1) is 14.6. The molecule has 0 saturated carbocycles. The summed E-state index contributed by atoms with van der Waals surface area (Å²) in [5.41, 5.74) is 3.59. The summed E-state index contributed by atoms with van der Waals surface area (Å²) in [5, 5.41) is 12.3. The number of nitrogens with zero attached hydrogens (tertiary/aromatic N) is 2. The molecule has 0 unspecified atom stereocenters. The van der Waals surface area contributed by atoms with Crippen molar-refractivity contribution in [2.75, 3.05) is 0 Å². The predicted molar refractivity (Wildman–Crippen MR) is 105 cm³/mol. The van der Waals surface area contributed by atoms with Gasteiger partial charge in [0, 0.05) is 5.56 Å². The minimum atomic E-state index is 0.232. The van der Waals surface area contributed by atoms with Gasteiger partial charge >= 0.3 is 0 Å². The molecule has 5 heteroatoms. The van der Waals surface area contributed by atoms with E-state index in [1.54, 1.807) is 28.7 Å². The third kappa shape index (κ3) is 2.40. The van der Waals surface area contributed by atoms with Crippen LogP contribution in [0.5, 0.6) is 5.75 Å². The van der Waals surface area contributed by atoms with Crippen molar-refractivity contribution in [1.29, 1.82) is 0 Å². The van der Waals surface area contributed by atoms with Crippen LogP contribution in [-0.4, -0.2) is 15.1 Å². The topological polar surface area (TPSA) is 46.0 Å². The van der Waals surface area contributed by atoms with Crippen molar-refractivity contribution >= 4 is 43.1 Å². The van der Waals surface area contributed by atoms with Gasteiger partial charge in [-0.15, -0.1) is 22.7 Å². The summed E-state index contributed by atoms with van der Waals surface area (Å²) in [6.45, 7) is 0. The van der Waals surface area contributed by atoms with E-state index in [0.717, 1.165) is 41.6 Å². The van der Waals surface area contributed by atoms with Gasteiger partial charge in [-0.3, -0.25) is 0 Å². The number of rotatable bonds is 2. The Labute approximate surface area is 151 Å². The van der Waals surface area contributed by atoms with Gasteiger partial charge in [0.05, 0.1) is 26.0 Å². The normalized spacial score (nSPS) is 11.4. The third-order valence-electron chi connectivity index (χ3n) is 4.07. The molecule has 3 aromatic carbocycles. The zero-order chi connectivity index (χ0) is 16.8. The van der Waals surface area contributed by atoms with Crippen molar-refractivity contribution in [2.24, 2.45) is 0 Å². The maximum Gasteiger partial charge on any atom is 0.129 e. The first-order valence-corrected chi connectivity index (χ1v) is 9.47. The molecule has 2 aromatic heterocycles. The van der Waals surface area contributed by atoms with Crippen LogP contribution in [0.4, 0.5) is 0 Å². The fourth-order valence-corrected chi connectivity index (χ4v) is 4.94. The number of para-hydroxylation sites is 2. The third-order valence-corrected chi connectivity index (χ3v) is 6.20. The highest BCUT2D eigenvalue weighted by Gasteiger charge is 2.18. The quantitative estimate of drug-likeness (QED) is 0.423. The van der Waals surface area contributed by atoms with Crippen LogP contribution in [0.1, 0.15) is 0 Å². The lowest BCUT2D eigenvalue weighted by molar-refractivity contribution is 0.477. The number of aromatic hydroxyl groups is 1. The van der Waals surface area contributed by atoms with E-state index >= 15 is 0 Å². The summed E-state index contributed by atoms with van der Waals surface area (Å²) < 4.78 is 2.24. The SMILES string of the molecule is Oc1cccc(-c2nc3ccccc3s2)c1-c1nc2ccccc2s1. The lowest BCUT2D eigenvalue weighted by Gasteiger charge is -2.06. The highest BCUT2D eigenvalue weighted by atomic mass is 32.1. The van der Waals surface area contributed by atoms with Crippen LogP contribution >= 0.6 is 22.7 Å². The molecule has 0 fully saturated rings. The Hall–Kier alpha value is -2.76. The number of phenolic OH excluding ortho intramolecular Hbond substituents is 1. The highest BCUT2D eigenvalue weighted by Crippen LogP contribution is 2.43. The summed E-state index contributed by atoms with van der Waals surface area (Å²) in [7, 11) is 0. The molecule has 0 aliphatic heterocycles. The van der Waals surface area contributed by atoms with E-state index in [1.165, 1.54) is 0 Å². The highest BCUT2D eigenvalue weighted by molar-refractivity contribution is 7.22. The number of thiazole rings is 2. The summed E-state index contributed by atoms with van der Waals surface area (Å²) in [6.07, 6.45) is 0. The molecule has 0 amide bonds. The van der Waals surface area contributed by atoms with Crippen LogP contribution in [0.25, 0.3) is 41.6 Å². The Bertz CT molecular complexity index is 1160. The van der Waals surface area contributed by atoms with Crippen LogP contribution in [0.2, 0.25) is 0 Å². The van der Waals surface area contributed by atoms with Gasteiger partial charge in [0.15, 0.2) is 0 Å². The smallest absolute Gasteiger partial charge is 0.129 e. The molecule has 0 spiro atoms. The van der Waals surface area contributed by atoms with E-state index in [1.807, 2.05) is 54.6 Å². The first-order chi connectivity index (χ1) is 12.3. The van der Waals surface area contributed by atoms with E-state index in [4.69, 9.17) is 9.97 Å². The summed E-state index contributed by atoms with van der Waals surface area (Å²) in [4.78, 5) is 9.47. The van der Waals surface area contributed by atoms with Crippen molar-refractivity contribution in [3.63, 3.8) is 0 Å². The van der Waals surface area contributed by atoms with Crippen molar-refractivity contribution < 1.29 is 5.11 Å². The second-order valence-corrected chi connectivity index (χ2v) is 7.73. The van der Waals surface area contributed by atoms with E-state index in [0.29, 0.717) is 0 Å². The average molecular weight is 360 g/mol. The van der Waals surface area contributed by atoms with Gasteiger partial charge in [-0.2, -0.15) is 0 Å². The summed E-state index contributed by atoms with van der Waals surface area (Å²) >= 11 is 3.22. The van der Waals surface area contributed by atoms with Crippen molar-refractivity contribution in [2.45, 2.75) is 0 Å². The molecule has 0 atom stereocenters. The molecule has 3 nitrogen and oxygen atoms in total. The van der Waals surface area contributed by atoms with Gasteiger partial charge in [0.25, 0.3) is 0 Å². The maximum absolute atomic E-state index is 10.5. The monoisotopic (exact) mass is 360 g/mol. The summed E-state index contributed by atoms with van der Waals surface area (Å²) in [6, 6.07) is 21.7. The zero-order valence-corrected chi connectivity index (χ0v) is 14.6. The van der Waals surface area contributed by atoms with Gasteiger partial charge < -0.3 is 5.11 Å². The second kappa shape index (κ2) is 5.65. The van der Waals surface area contributed by atoms with Crippen molar-refractivity contribution in [1.82, 2.24) is 9.97 Å². The Morgan fingerprint density at radius 1 is 0.640 bits per heavy atom. The molecule has 25 heavy (non-hydrogen) atoms. The van der Waals surface area contributed by atoms with Gasteiger partial charge in [-0.1, -0.05) is 36.4 Å². The minimum Gasteiger partial charge on any atom is -0.507 e. The molecular formula is C20H12N2OS2. The van der Waals surface area contributed by atoms with Crippen molar-refractivity contribution in [3.8, 4) is 26.9 Å². The van der Waals surface area contributed by atoms with Gasteiger partial charge in [-0.25, -0.2) is 9.97 Å². The van der Waals surface area contributed by atoms with E-state index in [-0.39, 0.29) is 5.75 Å². The minimum absolute atomic E-state index is 0.232. The molecular weight excluding hydrogens is 348 g/mol. The number of aromatic nitrogens is 2. The van der Waals surface area contributed by atoms with Crippen LogP contribution in [0.15, 0.2) is 66.7 Å². The molecule has 5 rings (SSSR count). The molecule has 0 aliphatic rings. The van der Waals surface area contributed by atoms with Gasteiger partial charge in [0.2, 0.25) is 0 Å². The van der Waals surface area contributed by atoms with Gasteiger partial charge in [0.1, 0.15) is 15.8 Å². The number of hydrogen-bond acceptors (Lipinski definition) is 5. The molecule has 0 saturated heterocycles. The number of hydrogen-bond donors (Lipinski definition) is 1. The van der Waals surface area contributed by atoms with E-state index < -0.39 is 0 Å². The molecule has 0 bridgehead atoms. The standard InChI is InChI=1S/C20H12N2OS2/c23-15-9-5-6-12(19-21-13-7-1-3-10-16(13)24-19)18(15)20-22-14-8-2-4-11-17(14)25-20/h1-11,23H. The molecule has 0 aliphatic carbocycles. The molecule has 2 heterocycles. The van der Waals surface area contributed by atoms with E-state index in [9.17, 15) is 5.11 Å². The predicted octanol–water partition coefficient (Wildman–Crippen LogP) is 5.95. The first-order valence-electron chi connectivity index (χ1n) is 7.83. The number of fused-ring (bicyclic) bond motifs is 2. The molecule has 0 radical (unpaired) electrons.